The summed E-state index contributed by atoms with van der Waals surface area (Å²) in [5.41, 5.74) is 4.50. The monoisotopic (exact) mass is 296 g/mol. The lowest BCUT2D eigenvalue weighted by atomic mass is 9.97. The summed E-state index contributed by atoms with van der Waals surface area (Å²) in [5, 5.41) is 0. The van der Waals surface area contributed by atoms with Crippen molar-refractivity contribution >= 4 is 0 Å². The highest BCUT2D eigenvalue weighted by Crippen LogP contribution is 2.26. The van der Waals surface area contributed by atoms with Crippen LogP contribution in [-0.4, -0.2) is 6.61 Å². The maximum Gasteiger partial charge on any atom is 0.387 e. The van der Waals surface area contributed by atoms with Crippen molar-refractivity contribution in [3.8, 4) is 5.75 Å². The first kappa shape index (κ1) is 15.3. The van der Waals surface area contributed by atoms with Gasteiger partial charge in [-0.15, -0.1) is 0 Å². The van der Waals surface area contributed by atoms with E-state index < -0.39 is 12.7 Å². The molecular weight excluding hydrogens is 281 g/mol. The molecule has 0 aromatic heterocycles. The Kier molecular flexibility index (Phi) is 4.82. The van der Waals surface area contributed by atoms with E-state index >= 15 is 0 Å². The minimum Gasteiger partial charge on any atom is -0.435 e. The largest absolute Gasteiger partial charge is 0.435 e. The zero-order valence-electron chi connectivity index (χ0n) is 11.3. The summed E-state index contributed by atoms with van der Waals surface area (Å²) in [6.07, 6.45) is 0. The number of nitrogens with two attached hydrogens (primary N) is 1. The number of halogens is 3. The van der Waals surface area contributed by atoms with E-state index in [0.29, 0.717) is 11.1 Å². The molecule has 0 amide bonds. The third kappa shape index (κ3) is 3.96. The van der Waals surface area contributed by atoms with Gasteiger partial charge < -0.3 is 4.74 Å². The second-order valence-corrected chi connectivity index (χ2v) is 4.61. The second kappa shape index (κ2) is 6.60. The van der Waals surface area contributed by atoms with Crippen LogP contribution in [0.4, 0.5) is 13.2 Å². The van der Waals surface area contributed by atoms with Gasteiger partial charge in [0.15, 0.2) is 0 Å². The van der Waals surface area contributed by atoms with Crippen molar-refractivity contribution in [1.82, 2.24) is 5.43 Å². The lowest BCUT2D eigenvalue weighted by Gasteiger charge is -2.18. The van der Waals surface area contributed by atoms with E-state index in [1.807, 2.05) is 0 Å². The minimum atomic E-state index is -2.90. The van der Waals surface area contributed by atoms with Crippen LogP contribution in [0.25, 0.3) is 0 Å². The lowest BCUT2D eigenvalue weighted by Crippen LogP contribution is -2.29. The summed E-state index contributed by atoms with van der Waals surface area (Å²) in [7, 11) is 0. The Hall–Kier alpha value is -2.05. The first-order valence-corrected chi connectivity index (χ1v) is 6.27. The molecule has 2 aromatic rings. The van der Waals surface area contributed by atoms with Crippen molar-refractivity contribution in [2.45, 2.75) is 19.6 Å². The normalized spacial score (nSPS) is 12.5. The van der Waals surface area contributed by atoms with Crippen LogP contribution in [0.15, 0.2) is 42.5 Å². The highest BCUT2D eigenvalue weighted by molar-refractivity contribution is 5.38. The van der Waals surface area contributed by atoms with E-state index in [1.165, 1.54) is 24.3 Å². The van der Waals surface area contributed by atoms with E-state index in [0.717, 1.165) is 5.56 Å². The topological polar surface area (TPSA) is 47.3 Å². The summed E-state index contributed by atoms with van der Waals surface area (Å²) < 4.78 is 42.4. The Morgan fingerprint density at radius 2 is 1.86 bits per heavy atom. The van der Waals surface area contributed by atoms with Gasteiger partial charge in [-0.3, -0.25) is 5.84 Å². The molecule has 0 saturated heterocycles. The Balaban J connectivity index is 2.36. The summed E-state index contributed by atoms with van der Waals surface area (Å²) in [4.78, 5) is 0. The third-order valence-electron chi connectivity index (χ3n) is 2.98. The number of ether oxygens (including phenoxy) is 1. The minimum absolute atomic E-state index is 0.0240. The maximum absolute atomic E-state index is 13.5. The molecule has 0 aliphatic carbocycles. The maximum atomic E-state index is 13.5. The zero-order chi connectivity index (χ0) is 15.4. The van der Waals surface area contributed by atoms with Crippen LogP contribution in [-0.2, 0) is 0 Å². The Bertz CT molecular complexity index is 599. The van der Waals surface area contributed by atoms with E-state index in [-0.39, 0.29) is 11.6 Å². The standard InChI is InChI=1S/C15H15F3N2O/c1-9-5-11(7-12(16)6-9)14(20-19)10-3-2-4-13(8-10)21-15(17)18/h2-8,14-15,20H,19H2,1H3. The van der Waals surface area contributed by atoms with Crippen molar-refractivity contribution < 1.29 is 17.9 Å². The molecule has 6 heteroatoms. The first-order valence-electron chi connectivity index (χ1n) is 6.27. The molecule has 0 radical (unpaired) electrons. The molecule has 3 nitrogen and oxygen atoms in total. The van der Waals surface area contributed by atoms with Crippen LogP contribution >= 0.6 is 0 Å². The molecule has 0 aliphatic heterocycles. The van der Waals surface area contributed by atoms with Crippen molar-refractivity contribution in [3.63, 3.8) is 0 Å². The molecule has 0 aliphatic rings. The third-order valence-corrected chi connectivity index (χ3v) is 2.98. The quantitative estimate of drug-likeness (QED) is 0.657. The van der Waals surface area contributed by atoms with Gasteiger partial charge in [-0.1, -0.05) is 18.2 Å². The summed E-state index contributed by atoms with van der Waals surface area (Å²) in [5.74, 6) is 5.17. The van der Waals surface area contributed by atoms with Crippen molar-refractivity contribution in [1.29, 1.82) is 0 Å². The van der Waals surface area contributed by atoms with Crippen LogP contribution in [0, 0.1) is 12.7 Å². The van der Waals surface area contributed by atoms with Gasteiger partial charge >= 0.3 is 6.61 Å². The molecule has 112 valence electrons. The van der Waals surface area contributed by atoms with Crippen molar-refractivity contribution in [2.75, 3.05) is 0 Å². The molecule has 21 heavy (non-hydrogen) atoms. The summed E-state index contributed by atoms with van der Waals surface area (Å²) in [6.45, 7) is -1.14. The van der Waals surface area contributed by atoms with Crippen LogP contribution in [0.3, 0.4) is 0 Å². The number of hydrazine groups is 1. The molecule has 0 saturated carbocycles. The lowest BCUT2D eigenvalue weighted by molar-refractivity contribution is -0.0498. The van der Waals surface area contributed by atoms with Crippen molar-refractivity contribution in [3.05, 3.63) is 65.0 Å². The highest BCUT2D eigenvalue weighted by atomic mass is 19.3. The summed E-state index contributed by atoms with van der Waals surface area (Å²) in [6, 6.07) is 10.1. The first-order chi connectivity index (χ1) is 9.99. The van der Waals surface area contributed by atoms with Crippen molar-refractivity contribution in [2.24, 2.45) is 5.84 Å². The molecule has 2 rings (SSSR count). The highest BCUT2D eigenvalue weighted by Gasteiger charge is 2.15. The number of hydrogen-bond donors (Lipinski definition) is 2. The van der Waals surface area contributed by atoms with Gasteiger partial charge in [0.05, 0.1) is 6.04 Å². The number of alkyl halides is 2. The van der Waals surface area contributed by atoms with Gasteiger partial charge in [0.25, 0.3) is 0 Å². The van der Waals surface area contributed by atoms with E-state index in [4.69, 9.17) is 5.84 Å². The molecule has 1 atom stereocenters. The summed E-state index contributed by atoms with van der Waals surface area (Å²) >= 11 is 0. The second-order valence-electron chi connectivity index (χ2n) is 4.61. The molecular formula is C15H15F3N2O. The van der Waals surface area contributed by atoms with Crippen LogP contribution in [0.5, 0.6) is 5.75 Å². The SMILES string of the molecule is Cc1cc(F)cc(C(NN)c2cccc(OC(F)F)c2)c1. The Morgan fingerprint density at radius 3 is 2.48 bits per heavy atom. The van der Waals surface area contributed by atoms with Gasteiger partial charge in [-0.05, 0) is 47.9 Å². The van der Waals surface area contributed by atoms with Gasteiger partial charge in [-0.2, -0.15) is 8.78 Å². The van der Waals surface area contributed by atoms with Crippen LogP contribution in [0.1, 0.15) is 22.7 Å². The Labute approximate surface area is 120 Å². The van der Waals surface area contributed by atoms with Crippen LogP contribution < -0.4 is 16.0 Å². The van der Waals surface area contributed by atoms with E-state index in [9.17, 15) is 13.2 Å². The van der Waals surface area contributed by atoms with Gasteiger partial charge in [-0.25, -0.2) is 9.82 Å². The fourth-order valence-electron chi connectivity index (χ4n) is 2.19. The average molecular weight is 296 g/mol. The molecule has 2 aromatic carbocycles. The smallest absolute Gasteiger partial charge is 0.387 e. The molecule has 3 N–H and O–H groups in total. The molecule has 1 unspecified atom stereocenters. The zero-order valence-corrected chi connectivity index (χ0v) is 11.3. The predicted molar refractivity (Wildman–Crippen MR) is 73.4 cm³/mol. The van der Waals surface area contributed by atoms with Crippen LogP contribution in [0.2, 0.25) is 0 Å². The fraction of sp³-hybridized carbons (Fsp3) is 0.200. The van der Waals surface area contributed by atoms with Gasteiger partial charge in [0.1, 0.15) is 11.6 Å². The van der Waals surface area contributed by atoms with E-state index in [1.54, 1.807) is 25.1 Å². The molecule has 0 spiro atoms. The average Bonchev–Trinajstić information content (AvgIpc) is 2.38. The molecule has 0 fully saturated rings. The van der Waals surface area contributed by atoms with E-state index in [2.05, 4.69) is 10.2 Å². The molecule has 0 bridgehead atoms. The predicted octanol–water partition coefficient (Wildman–Crippen LogP) is 3.29. The van der Waals surface area contributed by atoms with Gasteiger partial charge in [0, 0.05) is 0 Å². The number of aryl methyl sites for hydroxylation is 1. The number of hydrogen-bond acceptors (Lipinski definition) is 3. The number of nitrogens with one attached hydrogen (secondary N) is 1. The molecule has 0 heterocycles. The van der Waals surface area contributed by atoms with Gasteiger partial charge in [0.2, 0.25) is 0 Å². The fourth-order valence-corrected chi connectivity index (χ4v) is 2.19. The Morgan fingerprint density at radius 1 is 1.10 bits per heavy atom. The number of benzene rings is 2. The number of rotatable bonds is 5.